The van der Waals surface area contributed by atoms with Gasteiger partial charge in [-0.05, 0) is 48.3 Å². The molecule has 0 spiro atoms. The molecule has 2 saturated carbocycles. The van der Waals surface area contributed by atoms with Crippen molar-refractivity contribution >= 4 is 29.2 Å². The summed E-state index contributed by atoms with van der Waals surface area (Å²) in [7, 11) is 0. The molecule has 5 aliphatic rings. The third-order valence-electron chi connectivity index (χ3n) is 7.24. The summed E-state index contributed by atoms with van der Waals surface area (Å²) in [4.78, 5) is 50.6. The molecule has 0 unspecified atom stereocenters. The molecule has 8 nitrogen and oxygen atoms in total. The van der Waals surface area contributed by atoms with E-state index in [-0.39, 0.29) is 52.5 Å². The Morgan fingerprint density at radius 2 is 1.62 bits per heavy atom. The summed E-state index contributed by atoms with van der Waals surface area (Å²) in [5.41, 5.74) is 0.183. The minimum Gasteiger partial charge on any atom is -0.423 e. The van der Waals surface area contributed by atoms with E-state index in [4.69, 9.17) is 4.74 Å². The zero-order valence-electron chi connectivity index (χ0n) is 16.8. The Morgan fingerprint density at radius 1 is 0.969 bits per heavy atom. The molecule has 4 aliphatic carbocycles. The average molecular weight is 430 g/mol. The molecule has 2 amide bonds. The normalized spacial score (nSPS) is 31.3. The largest absolute Gasteiger partial charge is 0.423 e. The SMILES string of the molecule is O=C(Oc1cccc(N2C(=O)[C@@H]3[C@@H]4C=C[C@H]([C@H]5C[C@H]45)[C@@H]3C2=O)c1)c1cccc([N+](=O)[O-])c1. The van der Waals surface area contributed by atoms with Crippen molar-refractivity contribution in [2.24, 2.45) is 35.5 Å². The summed E-state index contributed by atoms with van der Waals surface area (Å²) in [5.74, 6) is -0.305. The maximum Gasteiger partial charge on any atom is 0.343 e. The van der Waals surface area contributed by atoms with Crippen LogP contribution in [0.1, 0.15) is 16.8 Å². The van der Waals surface area contributed by atoms with E-state index < -0.39 is 10.9 Å². The van der Waals surface area contributed by atoms with Gasteiger partial charge in [0, 0.05) is 18.2 Å². The number of carbonyl (C=O) groups is 3. The van der Waals surface area contributed by atoms with Crippen LogP contribution in [0, 0.1) is 45.6 Å². The van der Waals surface area contributed by atoms with E-state index in [1.165, 1.54) is 35.2 Å². The standard InChI is InChI=1S/C24H18N2O6/c27-22-20-16-7-8-17(19-11-18(16)19)21(20)23(28)25(22)13-4-2-6-15(10-13)32-24(29)12-3-1-5-14(9-12)26(30)31/h1-10,16-21H,11H2/t16-,17-,18-,19-,20-,21+/m1/s1. The average Bonchev–Trinajstić information content (AvgIpc) is 3.57. The number of anilines is 1. The quantitative estimate of drug-likeness (QED) is 0.184. The van der Waals surface area contributed by atoms with Gasteiger partial charge in [0.25, 0.3) is 5.69 Å². The van der Waals surface area contributed by atoms with Gasteiger partial charge in [-0.3, -0.25) is 19.7 Å². The molecule has 6 atom stereocenters. The fourth-order valence-corrected chi connectivity index (χ4v) is 5.81. The molecule has 1 aliphatic heterocycles. The molecule has 8 heteroatoms. The minimum absolute atomic E-state index is 0.0332. The first kappa shape index (κ1) is 18.9. The number of benzene rings is 2. The van der Waals surface area contributed by atoms with Crippen molar-refractivity contribution in [2.45, 2.75) is 6.42 Å². The molecule has 0 radical (unpaired) electrons. The fraction of sp³-hybridized carbons (Fsp3) is 0.292. The maximum absolute atomic E-state index is 13.3. The van der Waals surface area contributed by atoms with Crippen LogP contribution >= 0.6 is 0 Å². The molecule has 3 fully saturated rings. The lowest BCUT2D eigenvalue weighted by Crippen LogP contribution is -2.40. The zero-order valence-corrected chi connectivity index (χ0v) is 16.8. The summed E-state index contributed by atoms with van der Waals surface area (Å²) in [6, 6.07) is 11.5. The molecule has 2 aromatic rings. The summed E-state index contributed by atoms with van der Waals surface area (Å²) >= 11 is 0. The van der Waals surface area contributed by atoms with E-state index >= 15 is 0 Å². The van der Waals surface area contributed by atoms with E-state index in [1.54, 1.807) is 12.1 Å². The molecule has 2 bridgehead atoms. The van der Waals surface area contributed by atoms with Crippen molar-refractivity contribution in [3.8, 4) is 5.75 Å². The van der Waals surface area contributed by atoms with Crippen molar-refractivity contribution in [3.63, 3.8) is 0 Å². The van der Waals surface area contributed by atoms with E-state index in [9.17, 15) is 24.5 Å². The zero-order chi connectivity index (χ0) is 22.1. The molecule has 0 N–H and O–H groups in total. The van der Waals surface area contributed by atoms with Gasteiger partial charge in [0.05, 0.1) is 28.0 Å². The van der Waals surface area contributed by atoms with Crippen LogP contribution in [-0.4, -0.2) is 22.7 Å². The van der Waals surface area contributed by atoms with Crippen molar-refractivity contribution in [1.29, 1.82) is 0 Å². The Kier molecular flexibility index (Phi) is 3.90. The number of allylic oxidation sites excluding steroid dienone is 2. The molecule has 1 saturated heterocycles. The number of nitrogens with zero attached hydrogens (tertiary/aromatic N) is 2. The Balaban J connectivity index is 1.26. The van der Waals surface area contributed by atoms with Crippen LogP contribution in [0.5, 0.6) is 5.75 Å². The number of esters is 1. The van der Waals surface area contributed by atoms with Gasteiger partial charge in [0.2, 0.25) is 11.8 Å². The molecule has 7 rings (SSSR count). The van der Waals surface area contributed by atoms with Gasteiger partial charge in [-0.15, -0.1) is 0 Å². The number of carbonyl (C=O) groups excluding carboxylic acids is 3. The van der Waals surface area contributed by atoms with Gasteiger partial charge >= 0.3 is 5.97 Å². The number of imide groups is 1. The number of nitro benzene ring substituents is 1. The highest BCUT2D eigenvalue weighted by Gasteiger charge is 2.67. The highest BCUT2D eigenvalue weighted by molar-refractivity contribution is 6.22. The van der Waals surface area contributed by atoms with Gasteiger partial charge in [-0.25, -0.2) is 9.69 Å². The Labute approximate surface area is 182 Å². The maximum atomic E-state index is 13.3. The van der Waals surface area contributed by atoms with Crippen LogP contribution in [0.4, 0.5) is 11.4 Å². The lowest BCUT2D eigenvalue weighted by atomic mass is 9.63. The van der Waals surface area contributed by atoms with E-state index in [0.717, 1.165) is 12.5 Å². The third kappa shape index (κ3) is 2.65. The van der Waals surface area contributed by atoms with Crippen LogP contribution in [0.2, 0.25) is 0 Å². The summed E-state index contributed by atoms with van der Waals surface area (Å²) < 4.78 is 5.38. The second-order valence-electron chi connectivity index (χ2n) is 8.86. The molecular formula is C24H18N2O6. The second-order valence-corrected chi connectivity index (χ2v) is 8.86. The number of non-ortho nitro benzene ring substituents is 1. The van der Waals surface area contributed by atoms with Crippen molar-refractivity contribution in [3.05, 3.63) is 76.4 Å². The van der Waals surface area contributed by atoms with Crippen LogP contribution < -0.4 is 9.64 Å². The van der Waals surface area contributed by atoms with Crippen molar-refractivity contribution in [1.82, 2.24) is 0 Å². The van der Waals surface area contributed by atoms with Crippen LogP contribution in [0.3, 0.4) is 0 Å². The predicted octanol–water partition coefficient (Wildman–Crippen LogP) is 3.37. The number of rotatable bonds is 4. The van der Waals surface area contributed by atoms with Crippen LogP contribution in [-0.2, 0) is 9.59 Å². The molecule has 2 aromatic carbocycles. The number of hydrogen-bond donors (Lipinski definition) is 0. The topological polar surface area (TPSA) is 107 Å². The number of hydrogen-bond acceptors (Lipinski definition) is 6. The third-order valence-corrected chi connectivity index (χ3v) is 7.24. The van der Waals surface area contributed by atoms with Crippen molar-refractivity contribution < 1.29 is 24.0 Å². The fourth-order valence-electron chi connectivity index (χ4n) is 5.81. The highest BCUT2D eigenvalue weighted by Crippen LogP contribution is 2.65. The highest BCUT2D eigenvalue weighted by atomic mass is 16.6. The first-order chi connectivity index (χ1) is 15.4. The predicted molar refractivity (Wildman–Crippen MR) is 112 cm³/mol. The number of nitro groups is 1. The first-order valence-electron chi connectivity index (χ1n) is 10.6. The molecular weight excluding hydrogens is 412 g/mol. The summed E-state index contributed by atoms with van der Waals surface area (Å²) in [5, 5.41) is 10.9. The van der Waals surface area contributed by atoms with Gasteiger partial charge in [-0.1, -0.05) is 24.3 Å². The van der Waals surface area contributed by atoms with E-state index in [2.05, 4.69) is 12.2 Å². The van der Waals surface area contributed by atoms with Crippen LogP contribution in [0.25, 0.3) is 0 Å². The summed E-state index contributed by atoms with van der Waals surface area (Å²) in [6.45, 7) is 0. The first-order valence-corrected chi connectivity index (χ1v) is 10.6. The van der Waals surface area contributed by atoms with Gasteiger partial charge in [0.15, 0.2) is 0 Å². The second kappa shape index (κ2) is 6.59. The Hall–Kier alpha value is -3.81. The minimum atomic E-state index is -0.763. The molecule has 160 valence electrons. The van der Waals surface area contributed by atoms with Crippen LogP contribution in [0.15, 0.2) is 60.7 Å². The van der Waals surface area contributed by atoms with E-state index in [1.807, 2.05) is 0 Å². The number of ether oxygens (including phenoxy) is 1. The molecule has 1 heterocycles. The van der Waals surface area contributed by atoms with Gasteiger partial charge in [-0.2, -0.15) is 0 Å². The smallest absolute Gasteiger partial charge is 0.343 e. The van der Waals surface area contributed by atoms with Crippen molar-refractivity contribution in [2.75, 3.05) is 4.90 Å². The van der Waals surface area contributed by atoms with E-state index in [0.29, 0.717) is 17.5 Å². The molecule has 32 heavy (non-hydrogen) atoms. The lowest BCUT2D eigenvalue weighted by Gasteiger charge is -2.37. The van der Waals surface area contributed by atoms with Gasteiger partial charge in [0.1, 0.15) is 5.75 Å². The molecule has 0 aromatic heterocycles. The Bertz CT molecular complexity index is 1200. The monoisotopic (exact) mass is 430 g/mol. The lowest BCUT2D eigenvalue weighted by molar-refractivity contribution is -0.384. The summed E-state index contributed by atoms with van der Waals surface area (Å²) in [6.07, 6.45) is 5.33. The van der Waals surface area contributed by atoms with Gasteiger partial charge < -0.3 is 4.74 Å². The number of amides is 2. The Morgan fingerprint density at radius 3 is 2.28 bits per heavy atom.